The quantitative estimate of drug-likeness (QED) is 0.173. The van der Waals surface area contributed by atoms with Crippen LogP contribution in [0, 0.1) is 0 Å². The van der Waals surface area contributed by atoms with E-state index in [2.05, 4.69) is 0 Å². The summed E-state index contributed by atoms with van der Waals surface area (Å²) in [4.78, 5) is 0. The number of hydrogen-bond donors (Lipinski definition) is 6. The first-order valence-electron chi connectivity index (χ1n) is 3.57. The van der Waals surface area contributed by atoms with Crippen LogP contribution in [0.25, 0.3) is 0 Å². The van der Waals surface area contributed by atoms with Gasteiger partial charge in [-0.15, -0.1) is 0 Å². The summed E-state index contributed by atoms with van der Waals surface area (Å²) in [7, 11) is 0. The molecule has 0 spiro atoms. The van der Waals surface area contributed by atoms with Crippen molar-refractivity contribution in [2.24, 2.45) is 0 Å². The lowest BCUT2D eigenvalue weighted by Gasteiger charge is -2.26. The number of aliphatic hydroxyl groups is 6. The summed E-state index contributed by atoms with van der Waals surface area (Å²) < 4.78 is -1.26. The number of hydrogen-bond acceptors (Lipinski definition) is 6. The molecule has 0 fully saturated rings. The number of rotatable bonds is 5. The minimum Gasteiger partial charge on any atom is -0.394 e. The second-order valence-corrected chi connectivity index (χ2v) is 3.87. The van der Waals surface area contributed by atoms with Gasteiger partial charge >= 0.3 is 0 Å². The van der Waals surface area contributed by atoms with Crippen LogP contribution in [0.5, 0.6) is 0 Å². The van der Waals surface area contributed by atoms with Crippen LogP contribution in [0.4, 0.5) is 0 Å². The van der Waals surface area contributed by atoms with Gasteiger partial charge < -0.3 is 30.6 Å². The van der Waals surface area contributed by atoms with Crippen molar-refractivity contribution in [3.8, 4) is 0 Å². The lowest BCUT2D eigenvalue weighted by atomic mass is 10.0. The predicted molar refractivity (Wildman–Crippen MR) is 61.1 cm³/mol. The lowest BCUT2D eigenvalue weighted by molar-refractivity contribution is -0.125. The maximum Gasteiger partial charge on any atom is 0.187 e. The van der Waals surface area contributed by atoms with Crippen LogP contribution in [0.1, 0.15) is 0 Å². The van der Waals surface area contributed by atoms with E-state index in [0.717, 1.165) is 0 Å². The number of halogens is 1. The molecule has 86 valence electrons. The molecular formula is C6H16AlIO6. The van der Waals surface area contributed by atoms with Gasteiger partial charge in [0.1, 0.15) is 28.5 Å². The van der Waals surface area contributed by atoms with E-state index in [1.54, 1.807) is 0 Å². The Hall–Kier alpha value is 1.02. The van der Waals surface area contributed by atoms with Crippen molar-refractivity contribution in [2.45, 2.75) is 28.5 Å². The van der Waals surface area contributed by atoms with Gasteiger partial charge in [-0.2, -0.15) is 0 Å². The SMILES string of the molecule is OC[C@@H](O)[C@@H](O)[C@H](O)[C@@H](O)C(O)I.[AlH3]. The fourth-order valence-electron chi connectivity index (χ4n) is 0.700. The molecule has 0 rings (SSSR count). The van der Waals surface area contributed by atoms with Crippen LogP contribution < -0.4 is 0 Å². The number of aliphatic hydroxyl groups excluding tert-OH is 6. The highest BCUT2D eigenvalue weighted by molar-refractivity contribution is 14.1. The van der Waals surface area contributed by atoms with Gasteiger partial charge in [-0.25, -0.2) is 0 Å². The Morgan fingerprint density at radius 3 is 1.57 bits per heavy atom. The minimum absolute atomic E-state index is 0. The third kappa shape index (κ3) is 5.20. The summed E-state index contributed by atoms with van der Waals surface area (Å²) in [5.41, 5.74) is 0. The Kier molecular flexibility index (Phi) is 10.2. The summed E-state index contributed by atoms with van der Waals surface area (Å²) >= 11 is 1.44. The molecule has 0 aliphatic rings. The van der Waals surface area contributed by atoms with Gasteiger partial charge in [0.25, 0.3) is 0 Å². The molecule has 5 atom stereocenters. The molecule has 0 aliphatic heterocycles. The van der Waals surface area contributed by atoms with E-state index in [0.29, 0.717) is 0 Å². The van der Waals surface area contributed by atoms with Crippen LogP contribution >= 0.6 is 22.6 Å². The minimum atomic E-state index is -1.70. The molecular weight excluding hydrogens is 322 g/mol. The standard InChI is InChI=1S/C6H13IO6.Al.3H/c7-6(13)5(12)4(11)3(10)2(9)1-8;;;;/h2-6,8-13H,1H2;;;;/t2-,3-,4+,5-,6?;;;;/m1..../s1. The Morgan fingerprint density at radius 1 is 0.857 bits per heavy atom. The molecule has 0 heterocycles. The predicted octanol–water partition coefficient (Wildman–Crippen LogP) is -4.01. The molecule has 0 saturated heterocycles. The molecule has 0 aromatic rings. The Bertz CT molecular complexity index is 148. The zero-order valence-corrected chi connectivity index (χ0v) is 8.81. The monoisotopic (exact) mass is 338 g/mol. The van der Waals surface area contributed by atoms with Crippen molar-refractivity contribution < 1.29 is 30.6 Å². The van der Waals surface area contributed by atoms with Crippen molar-refractivity contribution in [1.29, 1.82) is 0 Å². The highest BCUT2D eigenvalue weighted by Crippen LogP contribution is 2.11. The summed E-state index contributed by atoms with van der Waals surface area (Å²) in [6.07, 6.45) is -6.50. The first-order valence-corrected chi connectivity index (χ1v) is 4.81. The second-order valence-electron chi connectivity index (χ2n) is 2.59. The summed E-state index contributed by atoms with van der Waals surface area (Å²) in [6, 6.07) is 0. The van der Waals surface area contributed by atoms with Crippen molar-refractivity contribution in [3.05, 3.63) is 0 Å². The first-order chi connectivity index (χ1) is 5.91. The van der Waals surface area contributed by atoms with Crippen molar-refractivity contribution in [2.75, 3.05) is 6.61 Å². The maximum atomic E-state index is 9.12. The van der Waals surface area contributed by atoms with Gasteiger partial charge in [-0.1, -0.05) is 0 Å². The second kappa shape index (κ2) is 8.21. The van der Waals surface area contributed by atoms with E-state index >= 15 is 0 Å². The van der Waals surface area contributed by atoms with Gasteiger partial charge in [0.2, 0.25) is 0 Å². The molecule has 1 unspecified atom stereocenters. The van der Waals surface area contributed by atoms with Gasteiger partial charge in [0.15, 0.2) is 17.4 Å². The maximum absolute atomic E-state index is 9.12. The van der Waals surface area contributed by atoms with E-state index < -0.39 is 35.1 Å². The largest absolute Gasteiger partial charge is 0.394 e. The summed E-state index contributed by atoms with van der Waals surface area (Å²) in [5, 5.41) is 53.3. The molecule has 0 saturated carbocycles. The van der Waals surface area contributed by atoms with Crippen LogP contribution in [0.15, 0.2) is 0 Å². The highest BCUT2D eigenvalue weighted by Gasteiger charge is 2.32. The van der Waals surface area contributed by atoms with Gasteiger partial charge in [0, 0.05) is 0 Å². The van der Waals surface area contributed by atoms with E-state index in [1.807, 2.05) is 0 Å². The third-order valence-corrected chi connectivity index (χ3v) is 2.30. The van der Waals surface area contributed by atoms with Crippen LogP contribution in [0.3, 0.4) is 0 Å². The zero-order valence-electron chi connectivity index (χ0n) is 6.66. The average molecular weight is 338 g/mol. The van der Waals surface area contributed by atoms with E-state index in [-0.39, 0.29) is 17.4 Å². The molecule has 0 aliphatic carbocycles. The molecule has 8 heteroatoms. The van der Waals surface area contributed by atoms with Crippen LogP contribution in [0.2, 0.25) is 0 Å². The van der Waals surface area contributed by atoms with E-state index in [9.17, 15) is 0 Å². The Labute approximate surface area is 105 Å². The lowest BCUT2D eigenvalue weighted by Crippen LogP contribution is -2.48. The molecule has 6 nitrogen and oxygen atoms in total. The summed E-state index contributed by atoms with van der Waals surface area (Å²) in [5.74, 6) is 0. The van der Waals surface area contributed by atoms with Crippen molar-refractivity contribution >= 4 is 40.0 Å². The Morgan fingerprint density at radius 2 is 1.29 bits per heavy atom. The van der Waals surface area contributed by atoms with E-state index in [1.165, 1.54) is 22.6 Å². The number of alkyl halides is 1. The van der Waals surface area contributed by atoms with Gasteiger partial charge in [0.05, 0.1) is 6.61 Å². The smallest absolute Gasteiger partial charge is 0.187 e. The van der Waals surface area contributed by atoms with Crippen LogP contribution in [-0.4, -0.2) is 83.1 Å². The molecule has 0 bridgehead atoms. The van der Waals surface area contributed by atoms with Crippen LogP contribution in [-0.2, 0) is 0 Å². The molecule has 6 N–H and O–H groups in total. The molecule has 0 amide bonds. The van der Waals surface area contributed by atoms with E-state index in [4.69, 9.17) is 30.6 Å². The van der Waals surface area contributed by atoms with Gasteiger partial charge in [-0.05, 0) is 22.6 Å². The fraction of sp³-hybridized carbons (Fsp3) is 1.00. The first kappa shape index (κ1) is 17.4. The summed E-state index contributed by atoms with van der Waals surface area (Å²) in [6.45, 7) is -0.734. The van der Waals surface area contributed by atoms with Crippen molar-refractivity contribution in [1.82, 2.24) is 0 Å². The third-order valence-electron chi connectivity index (χ3n) is 1.56. The Balaban J connectivity index is 0. The topological polar surface area (TPSA) is 121 Å². The highest BCUT2D eigenvalue weighted by atomic mass is 127. The van der Waals surface area contributed by atoms with Crippen molar-refractivity contribution in [3.63, 3.8) is 0 Å². The molecule has 0 aromatic heterocycles. The molecule has 14 heavy (non-hydrogen) atoms. The normalized spacial score (nSPS) is 21.6. The fourth-order valence-corrected chi connectivity index (χ4v) is 1.13. The van der Waals surface area contributed by atoms with Gasteiger partial charge in [-0.3, -0.25) is 0 Å². The molecule has 0 aromatic carbocycles. The zero-order chi connectivity index (χ0) is 10.6. The molecule has 0 radical (unpaired) electrons. The average Bonchev–Trinajstić information content (AvgIpc) is 2.12.